The van der Waals surface area contributed by atoms with E-state index in [1.165, 1.54) is 0 Å². The number of hydrogen-bond acceptors (Lipinski definition) is 4. The van der Waals surface area contributed by atoms with E-state index in [9.17, 15) is 36.2 Å². The minimum absolute atomic E-state index is 0.0545. The van der Waals surface area contributed by atoms with Crippen molar-refractivity contribution in [2.45, 2.75) is 63.3 Å². The molecule has 0 aliphatic carbocycles. The SMILES string of the molecule is C[C@@H]1Cc2nn3c(c2CN1C(=O)Nc1ccnc(C(F)F)c1F)C(F)(F)CC[C@@](F)(CO)C3. The van der Waals surface area contributed by atoms with Crippen LogP contribution in [0.2, 0.25) is 0 Å². The van der Waals surface area contributed by atoms with Gasteiger partial charge in [-0.1, -0.05) is 0 Å². The first-order valence-corrected chi connectivity index (χ1v) is 10.2. The molecule has 0 fully saturated rings. The topological polar surface area (TPSA) is 83.3 Å². The number of nitrogens with one attached hydrogen (secondary N) is 1. The lowest BCUT2D eigenvalue weighted by Crippen LogP contribution is -2.45. The average Bonchev–Trinajstić information content (AvgIpc) is 3.05. The summed E-state index contributed by atoms with van der Waals surface area (Å²) in [4.78, 5) is 17.2. The van der Waals surface area contributed by atoms with Gasteiger partial charge in [0.15, 0.2) is 11.5 Å². The number of carbonyl (C=O) groups excluding carboxylic acids is 1. The van der Waals surface area contributed by atoms with Crippen LogP contribution in [0.25, 0.3) is 0 Å². The van der Waals surface area contributed by atoms with Gasteiger partial charge in [-0.25, -0.2) is 22.4 Å². The van der Waals surface area contributed by atoms with Crippen LogP contribution in [0.3, 0.4) is 0 Å². The third-order valence-electron chi connectivity index (χ3n) is 6.06. The van der Waals surface area contributed by atoms with Crippen molar-refractivity contribution in [2.75, 3.05) is 11.9 Å². The molecule has 7 nitrogen and oxygen atoms in total. The standard InChI is InChI=1S/C20H21F6N5O2/c1-10-6-13-11(16-20(25,26)4-3-19(24,9-32)8-31(16)29-13)7-30(10)18(33)28-12-2-5-27-15(14(12)21)17(22)23/h2,5,10,17,32H,3-4,6-9H2,1H3,(H,27,28,33)/t10-,19+/m1/s1. The lowest BCUT2D eigenvalue weighted by Gasteiger charge is -2.33. The maximum absolute atomic E-state index is 14.9. The number of rotatable bonds is 3. The molecule has 0 saturated carbocycles. The Morgan fingerprint density at radius 2 is 2.06 bits per heavy atom. The summed E-state index contributed by atoms with van der Waals surface area (Å²) in [6.45, 7) is -0.192. The fourth-order valence-corrected chi connectivity index (χ4v) is 4.26. The van der Waals surface area contributed by atoms with E-state index >= 15 is 0 Å². The minimum atomic E-state index is -3.45. The number of pyridine rings is 1. The third-order valence-corrected chi connectivity index (χ3v) is 6.06. The highest BCUT2D eigenvalue weighted by Crippen LogP contribution is 2.44. The summed E-state index contributed by atoms with van der Waals surface area (Å²) in [7, 11) is 0. The molecular formula is C20H21F6N5O2. The number of alkyl halides is 5. The Hall–Kier alpha value is -2.83. The highest BCUT2D eigenvalue weighted by Gasteiger charge is 2.48. The minimum Gasteiger partial charge on any atom is -0.393 e. The Morgan fingerprint density at radius 3 is 2.73 bits per heavy atom. The van der Waals surface area contributed by atoms with Crippen LogP contribution in [0.15, 0.2) is 12.3 Å². The van der Waals surface area contributed by atoms with Gasteiger partial charge in [-0.2, -0.15) is 13.9 Å². The lowest BCUT2D eigenvalue weighted by atomic mass is 9.95. The molecule has 2 aromatic heterocycles. The summed E-state index contributed by atoms with van der Waals surface area (Å²) in [5.74, 6) is -4.84. The molecule has 13 heteroatoms. The highest BCUT2D eigenvalue weighted by atomic mass is 19.3. The van der Waals surface area contributed by atoms with Gasteiger partial charge in [0.25, 0.3) is 12.3 Å². The van der Waals surface area contributed by atoms with Gasteiger partial charge in [0, 0.05) is 30.6 Å². The van der Waals surface area contributed by atoms with Crippen molar-refractivity contribution in [1.82, 2.24) is 19.7 Å². The molecule has 0 spiro atoms. The molecule has 4 rings (SSSR count). The molecule has 0 saturated heterocycles. The molecule has 2 aliphatic heterocycles. The predicted octanol–water partition coefficient (Wildman–Crippen LogP) is 3.92. The van der Waals surface area contributed by atoms with Gasteiger partial charge >= 0.3 is 6.03 Å². The number of fused-ring (bicyclic) bond motifs is 3. The Labute approximate surface area is 184 Å². The van der Waals surface area contributed by atoms with Crippen LogP contribution in [0, 0.1) is 5.82 Å². The van der Waals surface area contributed by atoms with E-state index in [0.29, 0.717) is 0 Å². The molecule has 0 unspecified atom stereocenters. The zero-order chi connectivity index (χ0) is 24.1. The summed E-state index contributed by atoms with van der Waals surface area (Å²) < 4.78 is 85.6. The van der Waals surface area contributed by atoms with Crippen LogP contribution in [0.1, 0.15) is 48.8 Å². The number of carbonyl (C=O) groups is 1. The van der Waals surface area contributed by atoms with Gasteiger partial charge in [0.1, 0.15) is 11.4 Å². The van der Waals surface area contributed by atoms with Crippen molar-refractivity contribution >= 4 is 11.7 Å². The number of hydrogen-bond donors (Lipinski definition) is 2. The van der Waals surface area contributed by atoms with Crippen LogP contribution in [-0.2, 0) is 25.4 Å². The first kappa shape index (κ1) is 23.3. The number of halogens is 6. The second-order valence-electron chi connectivity index (χ2n) is 8.41. The van der Waals surface area contributed by atoms with E-state index in [0.717, 1.165) is 21.8 Å². The Morgan fingerprint density at radius 1 is 1.33 bits per heavy atom. The molecule has 0 radical (unpaired) electrons. The number of amides is 2. The predicted molar refractivity (Wildman–Crippen MR) is 103 cm³/mol. The van der Waals surface area contributed by atoms with Gasteiger partial charge < -0.3 is 15.3 Å². The monoisotopic (exact) mass is 477 g/mol. The highest BCUT2D eigenvalue weighted by molar-refractivity contribution is 5.90. The first-order valence-electron chi connectivity index (χ1n) is 10.2. The zero-order valence-electron chi connectivity index (χ0n) is 17.5. The largest absolute Gasteiger partial charge is 0.393 e. The summed E-state index contributed by atoms with van der Waals surface area (Å²) in [5.41, 5.74) is -4.09. The van der Waals surface area contributed by atoms with Crippen LogP contribution in [0.4, 0.5) is 36.8 Å². The number of anilines is 1. The molecule has 2 amide bonds. The van der Waals surface area contributed by atoms with E-state index in [1.54, 1.807) is 6.92 Å². The van der Waals surface area contributed by atoms with E-state index in [4.69, 9.17) is 0 Å². The van der Waals surface area contributed by atoms with Crippen molar-refractivity contribution in [3.05, 3.63) is 40.7 Å². The molecule has 4 heterocycles. The maximum atomic E-state index is 14.9. The van der Waals surface area contributed by atoms with E-state index in [1.807, 2.05) is 0 Å². The van der Waals surface area contributed by atoms with Gasteiger partial charge in [-0.05, 0) is 19.4 Å². The molecule has 2 aliphatic rings. The van der Waals surface area contributed by atoms with Crippen LogP contribution >= 0.6 is 0 Å². The van der Waals surface area contributed by atoms with E-state index in [-0.39, 0.29) is 24.2 Å². The summed E-state index contributed by atoms with van der Waals surface area (Å²) in [6.07, 6.45) is -3.62. The van der Waals surface area contributed by atoms with Crippen molar-refractivity contribution < 1.29 is 36.2 Å². The zero-order valence-corrected chi connectivity index (χ0v) is 17.5. The van der Waals surface area contributed by atoms with Gasteiger partial charge in [0.05, 0.1) is 31.1 Å². The van der Waals surface area contributed by atoms with Crippen LogP contribution in [-0.4, -0.2) is 49.1 Å². The maximum Gasteiger partial charge on any atom is 0.322 e. The van der Waals surface area contributed by atoms with Crippen LogP contribution in [0.5, 0.6) is 0 Å². The second-order valence-corrected chi connectivity index (χ2v) is 8.41. The number of urea groups is 1. The van der Waals surface area contributed by atoms with Gasteiger partial charge in [0.2, 0.25) is 0 Å². The Balaban J connectivity index is 1.64. The third kappa shape index (κ3) is 4.13. The molecule has 0 aromatic carbocycles. The van der Waals surface area contributed by atoms with Crippen LogP contribution < -0.4 is 5.32 Å². The number of aliphatic hydroxyl groups excluding tert-OH is 1. The van der Waals surface area contributed by atoms with Crippen molar-refractivity contribution in [3.63, 3.8) is 0 Å². The molecular weight excluding hydrogens is 456 g/mol. The molecule has 33 heavy (non-hydrogen) atoms. The Kier molecular flexibility index (Phi) is 5.79. The fourth-order valence-electron chi connectivity index (χ4n) is 4.26. The fraction of sp³-hybridized carbons (Fsp3) is 0.550. The normalized spacial score (nSPS) is 24.3. The molecule has 0 bridgehead atoms. The number of aromatic nitrogens is 3. The summed E-state index contributed by atoms with van der Waals surface area (Å²) >= 11 is 0. The van der Waals surface area contributed by atoms with E-state index < -0.39 is 79.0 Å². The van der Waals surface area contributed by atoms with E-state index in [2.05, 4.69) is 15.4 Å². The quantitative estimate of drug-likeness (QED) is 0.657. The van der Waals surface area contributed by atoms with Gasteiger partial charge in [-0.3, -0.25) is 9.67 Å². The number of nitrogens with zero attached hydrogens (tertiary/aromatic N) is 4. The average molecular weight is 477 g/mol. The molecule has 2 N–H and O–H groups in total. The van der Waals surface area contributed by atoms with Gasteiger partial charge in [-0.15, -0.1) is 0 Å². The van der Waals surface area contributed by atoms with Crippen molar-refractivity contribution in [3.8, 4) is 0 Å². The molecule has 2 aromatic rings. The van der Waals surface area contributed by atoms with Crippen molar-refractivity contribution in [1.29, 1.82) is 0 Å². The smallest absolute Gasteiger partial charge is 0.322 e. The van der Waals surface area contributed by atoms with Crippen molar-refractivity contribution in [2.24, 2.45) is 0 Å². The first-order chi connectivity index (χ1) is 15.5. The second kappa shape index (κ2) is 8.19. The molecule has 180 valence electrons. The summed E-state index contributed by atoms with van der Waals surface area (Å²) in [5, 5.41) is 15.7. The molecule has 2 atom stereocenters. The Bertz CT molecular complexity index is 1080. The summed E-state index contributed by atoms with van der Waals surface area (Å²) in [6, 6.07) is -0.433. The lowest BCUT2D eigenvalue weighted by molar-refractivity contribution is -0.0324. The number of aliphatic hydroxyl groups is 1.